The minimum atomic E-state index is 0.236. The highest BCUT2D eigenvalue weighted by molar-refractivity contribution is 5.79. The lowest BCUT2D eigenvalue weighted by Crippen LogP contribution is -2.29. The third kappa shape index (κ3) is 2.99. The fourth-order valence-electron chi connectivity index (χ4n) is 2.19. The molecular weight excluding hydrogens is 214 g/mol. The van der Waals surface area contributed by atoms with Crippen LogP contribution < -0.4 is 4.74 Å². The molecule has 0 saturated carbocycles. The van der Waals surface area contributed by atoms with Crippen molar-refractivity contribution in [2.45, 2.75) is 19.8 Å². The van der Waals surface area contributed by atoms with Crippen molar-refractivity contribution in [2.75, 3.05) is 20.2 Å². The topological polar surface area (TPSA) is 29.5 Å². The standard InChI is InChI=1S/C14H19NO2/c1-11-7-8-15(10-11)14(16)9-12-3-5-13(17-2)6-4-12/h3-6,11H,7-10H2,1-2H3. The van der Waals surface area contributed by atoms with Gasteiger partial charge >= 0.3 is 0 Å². The number of amides is 1. The number of benzene rings is 1. The lowest BCUT2D eigenvalue weighted by atomic mass is 10.1. The molecule has 3 nitrogen and oxygen atoms in total. The molecule has 17 heavy (non-hydrogen) atoms. The van der Waals surface area contributed by atoms with Gasteiger partial charge < -0.3 is 9.64 Å². The van der Waals surface area contributed by atoms with E-state index in [0.29, 0.717) is 12.3 Å². The van der Waals surface area contributed by atoms with Crippen molar-refractivity contribution in [3.05, 3.63) is 29.8 Å². The summed E-state index contributed by atoms with van der Waals surface area (Å²) in [4.78, 5) is 14.0. The third-order valence-corrected chi connectivity index (χ3v) is 3.29. The summed E-state index contributed by atoms with van der Waals surface area (Å²) in [6.45, 7) is 4.02. The van der Waals surface area contributed by atoms with E-state index < -0.39 is 0 Å². The molecule has 92 valence electrons. The Labute approximate surface area is 102 Å². The smallest absolute Gasteiger partial charge is 0.226 e. The van der Waals surface area contributed by atoms with Crippen molar-refractivity contribution in [2.24, 2.45) is 5.92 Å². The summed E-state index contributed by atoms with van der Waals surface area (Å²) in [5.74, 6) is 1.71. The minimum absolute atomic E-state index is 0.236. The summed E-state index contributed by atoms with van der Waals surface area (Å²) in [5, 5.41) is 0. The van der Waals surface area contributed by atoms with Gasteiger partial charge in [0.2, 0.25) is 5.91 Å². The Morgan fingerprint density at radius 2 is 2.12 bits per heavy atom. The molecule has 0 N–H and O–H groups in total. The van der Waals surface area contributed by atoms with Gasteiger partial charge in [0, 0.05) is 13.1 Å². The van der Waals surface area contributed by atoms with Crippen LogP contribution in [0.4, 0.5) is 0 Å². The van der Waals surface area contributed by atoms with Crippen LogP contribution in [0.5, 0.6) is 5.75 Å². The summed E-state index contributed by atoms with van der Waals surface area (Å²) in [5.41, 5.74) is 1.05. The van der Waals surface area contributed by atoms with Crippen LogP contribution in [0.3, 0.4) is 0 Å². The molecule has 3 heteroatoms. The SMILES string of the molecule is COc1ccc(CC(=O)N2CCC(C)C2)cc1. The largest absolute Gasteiger partial charge is 0.497 e. The van der Waals surface area contributed by atoms with E-state index >= 15 is 0 Å². The molecular formula is C14H19NO2. The maximum absolute atomic E-state index is 12.0. The number of carbonyl (C=O) groups excluding carboxylic acids is 1. The zero-order valence-corrected chi connectivity index (χ0v) is 10.5. The second-order valence-corrected chi connectivity index (χ2v) is 4.76. The van der Waals surface area contributed by atoms with E-state index in [1.54, 1.807) is 7.11 Å². The fourth-order valence-corrected chi connectivity index (χ4v) is 2.19. The number of methoxy groups -OCH3 is 1. The normalized spacial score (nSPS) is 19.4. The average Bonchev–Trinajstić information content (AvgIpc) is 2.77. The molecule has 0 aliphatic carbocycles. The Bertz CT molecular complexity index is 386. The van der Waals surface area contributed by atoms with Gasteiger partial charge in [0.15, 0.2) is 0 Å². The maximum atomic E-state index is 12.0. The first-order chi connectivity index (χ1) is 8.19. The lowest BCUT2D eigenvalue weighted by molar-refractivity contribution is -0.129. The fraction of sp³-hybridized carbons (Fsp3) is 0.500. The lowest BCUT2D eigenvalue weighted by Gasteiger charge is -2.15. The molecule has 1 unspecified atom stereocenters. The number of carbonyl (C=O) groups is 1. The molecule has 1 aliphatic rings. The van der Waals surface area contributed by atoms with Crippen LogP contribution >= 0.6 is 0 Å². The second-order valence-electron chi connectivity index (χ2n) is 4.76. The van der Waals surface area contributed by atoms with E-state index in [1.807, 2.05) is 29.2 Å². The molecule has 1 heterocycles. The van der Waals surface area contributed by atoms with Crippen molar-refractivity contribution in [1.82, 2.24) is 4.90 Å². The van der Waals surface area contributed by atoms with E-state index in [-0.39, 0.29) is 5.91 Å². The highest BCUT2D eigenvalue weighted by Crippen LogP contribution is 2.17. The molecule has 1 atom stereocenters. The molecule has 1 aromatic rings. The van der Waals surface area contributed by atoms with Crippen LogP contribution in [0.25, 0.3) is 0 Å². The summed E-state index contributed by atoms with van der Waals surface area (Å²) in [7, 11) is 1.64. The Balaban J connectivity index is 1.93. The van der Waals surface area contributed by atoms with E-state index in [9.17, 15) is 4.79 Å². The summed E-state index contributed by atoms with van der Waals surface area (Å²) in [6.07, 6.45) is 1.63. The highest BCUT2D eigenvalue weighted by Gasteiger charge is 2.22. The van der Waals surface area contributed by atoms with Gasteiger partial charge in [-0.25, -0.2) is 0 Å². The number of likely N-dealkylation sites (tertiary alicyclic amines) is 1. The van der Waals surface area contributed by atoms with Crippen molar-refractivity contribution in [1.29, 1.82) is 0 Å². The molecule has 0 spiro atoms. The van der Waals surface area contributed by atoms with Gasteiger partial charge in [-0.2, -0.15) is 0 Å². The molecule has 1 saturated heterocycles. The summed E-state index contributed by atoms with van der Waals surface area (Å²) >= 11 is 0. The molecule has 1 amide bonds. The van der Waals surface area contributed by atoms with Crippen molar-refractivity contribution >= 4 is 5.91 Å². The predicted molar refractivity (Wildman–Crippen MR) is 67.1 cm³/mol. The number of ether oxygens (including phenoxy) is 1. The predicted octanol–water partition coefficient (Wildman–Crippen LogP) is 2.11. The average molecular weight is 233 g/mol. The Kier molecular flexibility index (Phi) is 3.67. The third-order valence-electron chi connectivity index (χ3n) is 3.29. The molecule has 1 aromatic carbocycles. The Morgan fingerprint density at radius 1 is 1.41 bits per heavy atom. The zero-order chi connectivity index (χ0) is 12.3. The number of hydrogen-bond donors (Lipinski definition) is 0. The van der Waals surface area contributed by atoms with Crippen molar-refractivity contribution < 1.29 is 9.53 Å². The first-order valence-electron chi connectivity index (χ1n) is 6.09. The van der Waals surface area contributed by atoms with Gasteiger partial charge in [0.05, 0.1) is 13.5 Å². The van der Waals surface area contributed by atoms with E-state index in [0.717, 1.165) is 30.8 Å². The van der Waals surface area contributed by atoms with Crippen molar-refractivity contribution in [3.8, 4) is 5.75 Å². The minimum Gasteiger partial charge on any atom is -0.497 e. The second kappa shape index (κ2) is 5.21. The summed E-state index contributed by atoms with van der Waals surface area (Å²) in [6, 6.07) is 7.71. The molecule has 2 rings (SSSR count). The van der Waals surface area contributed by atoms with Gasteiger partial charge in [0.1, 0.15) is 5.75 Å². The highest BCUT2D eigenvalue weighted by atomic mass is 16.5. The van der Waals surface area contributed by atoms with Gasteiger partial charge in [0.25, 0.3) is 0 Å². The van der Waals surface area contributed by atoms with Crippen molar-refractivity contribution in [3.63, 3.8) is 0 Å². The number of nitrogens with zero attached hydrogens (tertiary/aromatic N) is 1. The summed E-state index contributed by atoms with van der Waals surface area (Å²) < 4.78 is 5.09. The van der Waals surface area contributed by atoms with Crippen LogP contribution in [0.2, 0.25) is 0 Å². The first-order valence-corrected chi connectivity index (χ1v) is 6.09. The van der Waals surface area contributed by atoms with Crippen LogP contribution in [0.1, 0.15) is 18.9 Å². The van der Waals surface area contributed by atoms with E-state index in [2.05, 4.69) is 6.92 Å². The maximum Gasteiger partial charge on any atom is 0.226 e. The Morgan fingerprint density at radius 3 is 2.65 bits per heavy atom. The quantitative estimate of drug-likeness (QED) is 0.800. The van der Waals surface area contributed by atoms with Gasteiger partial charge in [-0.15, -0.1) is 0 Å². The molecule has 0 radical (unpaired) electrons. The van der Waals surface area contributed by atoms with E-state index in [1.165, 1.54) is 0 Å². The molecule has 1 aliphatic heterocycles. The zero-order valence-electron chi connectivity index (χ0n) is 10.5. The molecule has 0 aromatic heterocycles. The number of rotatable bonds is 3. The van der Waals surface area contributed by atoms with Crippen LogP contribution in [0.15, 0.2) is 24.3 Å². The molecule has 0 bridgehead atoms. The first kappa shape index (κ1) is 12.0. The van der Waals surface area contributed by atoms with Crippen LogP contribution in [-0.4, -0.2) is 31.0 Å². The van der Waals surface area contributed by atoms with E-state index in [4.69, 9.17) is 4.74 Å². The van der Waals surface area contributed by atoms with Gasteiger partial charge in [-0.05, 0) is 30.0 Å². The van der Waals surface area contributed by atoms with Crippen LogP contribution in [0, 0.1) is 5.92 Å². The van der Waals surface area contributed by atoms with Gasteiger partial charge in [-0.1, -0.05) is 19.1 Å². The monoisotopic (exact) mass is 233 g/mol. The van der Waals surface area contributed by atoms with Crippen LogP contribution in [-0.2, 0) is 11.2 Å². The molecule has 1 fully saturated rings. The Hall–Kier alpha value is -1.51. The number of hydrogen-bond acceptors (Lipinski definition) is 2. The van der Waals surface area contributed by atoms with Gasteiger partial charge in [-0.3, -0.25) is 4.79 Å².